The van der Waals surface area contributed by atoms with E-state index in [1.165, 1.54) is 30.0 Å². The molecule has 1 aliphatic heterocycles. The van der Waals surface area contributed by atoms with Gasteiger partial charge in [0.2, 0.25) is 11.8 Å². The van der Waals surface area contributed by atoms with E-state index in [2.05, 4.69) is 5.32 Å². The first kappa shape index (κ1) is 26.0. The molecule has 0 aliphatic carbocycles. The minimum absolute atomic E-state index is 0.00450. The van der Waals surface area contributed by atoms with Gasteiger partial charge in [-0.25, -0.2) is 12.7 Å². The summed E-state index contributed by atoms with van der Waals surface area (Å²) < 4.78 is 26.4. The molecular weight excluding hydrogens is 501 g/mol. The van der Waals surface area contributed by atoms with Gasteiger partial charge < -0.3 is 10.2 Å². The van der Waals surface area contributed by atoms with Crippen molar-refractivity contribution in [1.82, 2.24) is 14.5 Å². The molecule has 1 aliphatic rings. The normalized spacial score (nSPS) is 15.6. The smallest absolute Gasteiger partial charge is 0.269 e. The summed E-state index contributed by atoms with van der Waals surface area (Å²) in [6.07, 6.45) is 0. The summed E-state index contributed by atoms with van der Waals surface area (Å²) in [7, 11) is -4.19. The average molecular weight is 526 g/mol. The largest absolute Gasteiger partial charge is 0.350 e. The molecule has 0 saturated carbocycles. The van der Waals surface area contributed by atoms with Crippen molar-refractivity contribution in [3.8, 4) is 0 Å². The van der Waals surface area contributed by atoms with Crippen LogP contribution in [-0.2, 0) is 26.2 Å². The summed E-state index contributed by atoms with van der Waals surface area (Å²) in [6.45, 7) is 6.14. The quantitative estimate of drug-likeness (QED) is 0.621. The molecule has 2 aromatic rings. The lowest BCUT2D eigenvalue weighted by molar-refractivity contribution is -0.141. The van der Waals surface area contributed by atoms with Crippen LogP contribution < -0.4 is 5.32 Å². The van der Waals surface area contributed by atoms with Crippen molar-refractivity contribution in [2.45, 2.75) is 50.7 Å². The lowest BCUT2D eigenvalue weighted by atomic mass is 10.1. The second kappa shape index (κ2) is 9.56. The van der Waals surface area contributed by atoms with Crippen LogP contribution in [0.5, 0.6) is 0 Å². The van der Waals surface area contributed by atoms with Gasteiger partial charge in [0.1, 0.15) is 17.5 Å². The second-order valence-electron chi connectivity index (χ2n) is 9.00. The van der Waals surface area contributed by atoms with Gasteiger partial charge in [-0.3, -0.25) is 14.4 Å². The number of rotatable bonds is 6. The average Bonchev–Trinajstić information content (AvgIpc) is 2.93. The summed E-state index contributed by atoms with van der Waals surface area (Å²) >= 11 is 12.1. The first-order valence-electron chi connectivity index (χ1n) is 10.4. The standard InChI is InChI=1S/C23H25Cl2N3O5S/c1-14(21(30)26-23(2,3)4)27(12-15-9-10-17(24)18(25)11-15)20(29)13-28-22(31)16-7-5-6-8-19(16)34(28,32)33/h5-11,14H,12-13H2,1-4H3,(H,26,30)/t14-/m1/s1. The predicted molar refractivity (Wildman–Crippen MR) is 129 cm³/mol. The lowest BCUT2D eigenvalue weighted by Crippen LogP contribution is -2.54. The Labute approximate surface area is 208 Å². The molecule has 0 radical (unpaired) electrons. The van der Waals surface area contributed by atoms with E-state index >= 15 is 0 Å². The first-order valence-corrected chi connectivity index (χ1v) is 12.6. The maximum atomic E-state index is 13.4. The van der Waals surface area contributed by atoms with Gasteiger partial charge in [-0.05, 0) is 57.5 Å². The molecule has 11 heteroatoms. The summed E-state index contributed by atoms with van der Waals surface area (Å²) in [5, 5.41) is 3.41. The minimum Gasteiger partial charge on any atom is -0.350 e. The highest BCUT2D eigenvalue weighted by Gasteiger charge is 2.43. The second-order valence-corrected chi connectivity index (χ2v) is 11.6. The molecule has 0 fully saturated rings. The van der Waals surface area contributed by atoms with E-state index in [0.717, 1.165) is 0 Å². The zero-order chi connectivity index (χ0) is 25.4. The molecule has 1 N–H and O–H groups in total. The van der Waals surface area contributed by atoms with E-state index in [1.807, 2.05) is 0 Å². The van der Waals surface area contributed by atoms with E-state index in [-0.39, 0.29) is 22.0 Å². The van der Waals surface area contributed by atoms with Crippen LogP contribution in [0.2, 0.25) is 10.0 Å². The highest BCUT2D eigenvalue weighted by Crippen LogP contribution is 2.30. The third-order valence-electron chi connectivity index (χ3n) is 5.19. The highest BCUT2D eigenvalue weighted by molar-refractivity contribution is 7.90. The van der Waals surface area contributed by atoms with Crippen LogP contribution in [0.1, 0.15) is 43.6 Å². The van der Waals surface area contributed by atoms with Crippen LogP contribution in [-0.4, -0.2) is 53.5 Å². The number of fused-ring (bicyclic) bond motifs is 1. The van der Waals surface area contributed by atoms with Crippen LogP contribution in [0, 0.1) is 0 Å². The number of carbonyl (C=O) groups is 3. The fourth-order valence-electron chi connectivity index (χ4n) is 3.49. The van der Waals surface area contributed by atoms with E-state index in [9.17, 15) is 22.8 Å². The topological polar surface area (TPSA) is 104 Å². The van der Waals surface area contributed by atoms with E-state index < -0.39 is 45.9 Å². The van der Waals surface area contributed by atoms with Crippen molar-refractivity contribution in [2.24, 2.45) is 0 Å². The van der Waals surface area contributed by atoms with Crippen molar-refractivity contribution in [3.63, 3.8) is 0 Å². The van der Waals surface area contributed by atoms with Crippen LogP contribution in [0.3, 0.4) is 0 Å². The number of hydrogen-bond acceptors (Lipinski definition) is 5. The van der Waals surface area contributed by atoms with Crippen molar-refractivity contribution in [2.75, 3.05) is 6.54 Å². The number of sulfonamides is 1. The fraction of sp³-hybridized carbons (Fsp3) is 0.348. The number of nitrogens with zero attached hydrogens (tertiary/aromatic N) is 2. The zero-order valence-electron chi connectivity index (χ0n) is 19.1. The van der Waals surface area contributed by atoms with Gasteiger partial charge in [0.05, 0.1) is 15.6 Å². The third kappa shape index (κ3) is 5.37. The molecule has 0 unspecified atom stereocenters. The molecule has 182 valence electrons. The number of amides is 3. The molecule has 2 aromatic carbocycles. The predicted octanol–water partition coefficient (Wildman–Crippen LogP) is 3.47. The Bertz CT molecular complexity index is 1260. The van der Waals surface area contributed by atoms with Gasteiger partial charge in [-0.15, -0.1) is 0 Å². The monoisotopic (exact) mass is 525 g/mol. The van der Waals surface area contributed by atoms with Gasteiger partial charge in [0.25, 0.3) is 15.9 Å². The summed E-state index contributed by atoms with van der Waals surface area (Å²) in [4.78, 5) is 40.1. The van der Waals surface area contributed by atoms with Crippen molar-refractivity contribution < 1.29 is 22.8 Å². The molecule has 8 nitrogen and oxygen atoms in total. The summed E-state index contributed by atoms with van der Waals surface area (Å²) in [5.74, 6) is -1.93. The van der Waals surface area contributed by atoms with Gasteiger partial charge in [-0.1, -0.05) is 41.4 Å². The molecule has 1 heterocycles. The van der Waals surface area contributed by atoms with Crippen LogP contribution in [0.15, 0.2) is 47.4 Å². The number of halogens is 2. The van der Waals surface area contributed by atoms with Crippen molar-refractivity contribution in [1.29, 1.82) is 0 Å². The van der Waals surface area contributed by atoms with Gasteiger partial charge >= 0.3 is 0 Å². The molecule has 0 bridgehead atoms. The Morgan fingerprint density at radius 1 is 1.09 bits per heavy atom. The first-order chi connectivity index (χ1) is 15.7. The molecule has 0 saturated heterocycles. The lowest BCUT2D eigenvalue weighted by Gasteiger charge is -2.32. The SMILES string of the molecule is C[C@H](C(=O)NC(C)(C)C)N(Cc1ccc(Cl)c(Cl)c1)C(=O)CN1C(=O)c2ccccc2S1(=O)=O. The number of benzene rings is 2. The Morgan fingerprint density at radius 2 is 1.74 bits per heavy atom. The molecule has 0 spiro atoms. The minimum atomic E-state index is -4.19. The summed E-state index contributed by atoms with van der Waals surface area (Å²) in [6, 6.07) is 9.57. The Hall–Kier alpha value is -2.62. The maximum absolute atomic E-state index is 13.4. The molecule has 3 rings (SSSR count). The van der Waals surface area contributed by atoms with Crippen LogP contribution in [0.25, 0.3) is 0 Å². The molecular formula is C23H25Cl2N3O5S. The number of nitrogens with one attached hydrogen (secondary N) is 1. The van der Waals surface area contributed by atoms with Crippen LogP contribution in [0.4, 0.5) is 0 Å². The van der Waals surface area contributed by atoms with E-state index in [1.54, 1.807) is 45.0 Å². The fourth-order valence-corrected chi connectivity index (χ4v) is 5.33. The maximum Gasteiger partial charge on any atom is 0.269 e. The van der Waals surface area contributed by atoms with Crippen molar-refractivity contribution in [3.05, 3.63) is 63.6 Å². The third-order valence-corrected chi connectivity index (χ3v) is 7.72. The number of carbonyl (C=O) groups excluding carboxylic acids is 3. The van der Waals surface area contributed by atoms with E-state index in [0.29, 0.717) is 14.9 Å². The zero-order valence-corrected chi connectivity index (χ0v) is 21.5. The Morgan fingerprint density at radius 3 is 2.32 bits per heavy atom. The van der Waals surface area contributed by atoms with Gasteiger partial charge in [0, 0.05) is 12.1 Å². The van der Waals surface area contributed by atoms with Gasteiger partial charge in [-0.2, -0.15) is 0 Å². The Kier molecular flexibility index (Phi) is 7.31. The molecule has 3 amide bonds. The van der Waals surface area contributed by atoms with Crippen molar-refractivity contribution >= 4 is 50.9 Å². The van der Waals surface area contributed by atoms with E-state index in [4.69, 9.17) is 23.2 Å². The molecule has 34 heavy (non-hydrogen) atoms. The van der Waals surface area contributed by atoms with Crippen LogP contribution >= 0.6 is 23.2 Å². The molecule has 0 aromatic heterocycles. The summed E-state index contributed by atoms with van der Waals surface area (Å²) in [5.41, 5.74) is 0.0291. The van der Waals surface area contributed by atoms with Gasteiger partial charge in [0.15, 0.2) is 0 Å². The Balaban J connectivity index is 1.92. The number of hydrogen-bond donors (Lipinski definition) is 1. The highest BCUT2D eigenvalue weighted by atomic mass is 35.5. The molecule has 1 atom stereocenters.